The predicted octanol–water partition coefficient (Wildman–Crippen LogP) is 1.62. The third-order valence-electron chi connectivity index (χ3n) is 4.19. The number of hydrogen-bond donors (Lipinski definition) is 1. The molecular weight excluding hydrogens is 244 g/mol. The summed E-state index contributed by atoms with van der Waals surface area (Å²) in [4.78, 5) is 13.8. The van der Waals surface area contributed by atoms with Gasteiger partial charge in [-0.1, -0.05) is 0 Å². The minimum Gasteiger partial charge on any atom is -0.444 e. The lowest BCUT2D eigenvalue weighted by atomic mass is 9.76. The van der Waals surface area contributed by atoms with E-state index in [0.29, 0.717) is 0 Å². The minimum atomic E-state index is -0.420. The molecule has 0 aliphatic carbocycles. The van der Waals surface area contributed by atoms with E-state index in [-0.39, 0.29) is 17.6 Å². The Morgan fingerprint density at radius 1 is 1.32 bits per heavy atom. The fraction of sp³-hybridized carbons (Fsp3) is 0.929. The fourth-order valence-electron chi connectivity index (χ4n) is 3.08. The van der Waals surface area contributed by atoms with Crippen LogP contribution in [0.1, 0.15) is 33.6 Å². The standard InChI is InChI=1S/C14H26N2O3/c1-13(2,3)19-12(17)16-7-5-14(6-8-16)10-15-9-11(14)18-4/h11,15H,5-10H2,1-4H3. The van der Waals surface area contributed by atoms with E-state index in [9.17, 15) is 4.79 Å². The van der Waals surface area contributed by atoms with Gasteiger partial charge in [0.05, 0.1) is 6.10 Å². The molecule has 5 nitrogen and oxygen atoms in total. The number of rotatable bonds is 1. The second kappa shape index (κ2) is 5.29. The maximum atomic E-state index is 12.0. The molecule has 2 aliphatic heterocycles. The molecule has 1 spiro atoms. The molecule has 0 aromatic rings. The number of ether oxygens (including phenoxy) is 2. The molecule has 1 N–H and O–H groups in total. The Bertz CT molecular complexity index is 330. The van der Waals surface area contributed by atoms with Crippen LogP contribution in [0.2, 0.25) is 0 Å². The lowest BCUT2D eigenvalue weighted by Crippen LogP contribution is -2.49. The summed E-state index contributed by atoms with van der Waals surface area (Å²) in [5.41, 5.74) is -0.219. The van der Waals surface area contributed by atoms with E-state index >= 15 is 0 Å². The topological polar surface area (TPSA) is 50.8 Å². The van der Waals surface area contributed by atoms with Crippen molar-refractivity contribution in [3.63, 3.8) is 0 Å². The number of piperidine rings is 1. The first-order valence-electron chi connectivity index (χ1n) is 7.08. The van der Waals surface area contributed by atoms with Crippen molar-refractivity contribution in [3.05, 3.63) is 0 Å². The molecule has 2 heterocycles. The van der Waals surface area contributed by atoms with E-state index in [4.69, 9.17) is 9.47 Å². The molecule has 0 bridgehead atoms. The number of nitrogens with one attached hydrogen (secondary N) is 1. The Morgan fingerprint density at radius 3 is 2.47 bits per heavy atom. The summed E-state index contributed by atoms with van der Waals surface area (Å²) in [7, 11) is 1.78. The minimum absolute atomic E-state index is 0.192. The van der Waals surface area contributed by atoms with Gasteiger partial charge in [0, 0.05) is 38.7 Å². The van der Waals surface area contributed by atoms with E-state index in [1.54, 1.807) is 7.11 Å². The van der Waals surface area contributed by atoms with Crippen molar-refractivity contribution >= 4 is 6.09 Å². The zero-order chi connectivity index (χ0) is 14.1. The van der Waals surface area contributed by atoms with Crippen molar-refractivity contribution in [1.82, 2.24) is 10.2 Å². The highest BCUT2D eigenvalue weighted by Crippen LogP contribution is 2.38. The van der Waals surface area contributed by atoms with Crippen molar-refractivity contribution in [3.8, 4) is 0 Å². The molecule has 2 aliphatic rings. The molecule has 5 heteroatoms. The summed E-state index contributed by atoms with van der Waals surface area (Å²) >= 11 is 0. The number of methoxy groups -OCH3 is 1. The SMILES string of the molecule is COC1CNCC12CCN(C(=O)OC(C)(C)C)CC2. The first-order chi connectivity index (χ1) is 8.86. The van der Waals surface area contributed by atoms with Crippen LogP contribution in [0, 0.1) is 5.41 Å². The highest BCUT2D eigenvalue weighted by Gasteiger charge is 2.46. The van der Waals surface area contributed by atoms with E-state index in [0.717, 1.165) is 39.0 Å². The Labute approximate surface area is 115 Å². The van der Waals surface area contributed by atoms with Gasteiger partial charge < -0.3 is 19.7 Å². The Hall–Kier alpha value is -0.810. The van der Waals surface area contributed by atoms with Crippen LogP contribution in [-0.4, -0.2) is 56.0 Å². The fourth-order valence-corrected chi connectivity index (χ4v) is 3.08. The summed E-state index contributed by atoms with van der Waals surface area (Å²) < 4.78 is 11.0. The van der Waals surface area contributed by atoms with Crippen LogP contribution < -0.4 is 5.32 Å². The van der Waals surface area contributed by atoms with Crippen molar-refractivity contribution < 1.29 is 14.3 Å². The average molecular weight is 270 g/mol. The summed E-state index contributed by atoms with van der Waals surface area (Å²) in [6.45, 7) is 9.14. The van der Waals surface area contributed by atoms with Crippen LogP contribution >= 0.6 is 0 Å². The molecule has 110 valence electrons. The van der Waals surface area contributed by atoms with E-state index in [1.165, 1.54) is 0 Å². The zero-order valence-corrected chi connectivity index (χ0v) is 12.5. The quantitative estimate of drug-likeness (QED) is 0.786. The largest absolute Gasteiger partial charge is 0.444 e. The Kier molecular flexibility index (Phi) is 4.06. The average Bonchev–Trinajstić information content (AvgIpc) is 2.70. The van der Waals surface area contributed by atoms with E-state index < -0.39 is 5.60 Å². The van der Waals surface area contributed by atoms with Crippen LogP contribution in [0.15, 0.2) is 0 Å². The van der Waals surface area contributed by atoms with Crippen LogP contribution in [0.3, 0.4) is 0 Å². The number of amides is 1. The second-order valence-corrected chi connectivity index (χ2v) is 6.69. The molecule has 19 heavy (non-hydrogen) atoms. The van der Waals surface area contributed by atoms with Crippen molar-refractivity contribution in [1.29, 1.82) is 0 Å². The normalized spacial score (nSPS) is 26.7. The molecule has 2 rings (SSSR count). The Morgan fingerprint density at radius 2 is 1.95 bits per heavy atom. The highest BCUT2D eigenvalue weighted by atomic mass is 16.6. The third kappa shape index (κ3) is 3.20. The van der Waals surface area contributed by atoms with Crippen molar-refractivity contribution in [2.75, 3.05) is 33.3 Å². The molecule has 1 unspecified atom stereocenters. The summed E-state index contributed by atoms with van der Waals surface area (Å²) in [5.74, 6) is 0. The van der Waals surface area contributed by atoms with Gasteiger partial charge in [-0.2, -0.15) is 0 Å². The monoisotopic (exact) mass is 270 g/mol. The summed E-state index contributed by atoms with van der Waals surface area (Å²) in [5, 5.41) is 3.41. The molecule has 2 fully saturated rings. The van der Waals surface area contributed by atoms with Gasteiger partial charge in [0.1, 0.15) is 5.60 Å². The molecule has 0 saturated carbocycles. The second-order valence-electron chi connectivity index (χ2n) is 6.69. The number of carbonyl (C=O) groups excluding carboxylic acids is 1. The van der Waals surface area contributed by atoms with E-state index in [1.807, 2.05) is 25.7 Å². The molecule has 1 amide bonds. The van der Waals surface area contributed by atoms with Gasteiger partial charge in [0.25, 0.3) is 0 Å². The van der Waals surface area contributed by atoms with Gasteiger partial charge in [0.15, 0.2) is 0 Å². The maximum Gasteiger partial charge on any atom is 0.410 e. The van der Waals surface area contributed by atoms with Crippen molar-refractivity contribution in [2.24, 2.45) is 5.41 Å². The van der Waals surface area contributed by atoms with Crippen LogP contribution in [-0.2, 0) is 9.47 Å². The third-order valence-corrected chi connectivity index (χ3v) is 4.19. The van der Waals surface area contributed by atoms with Gasteiger partial charge in [-0.3, -0.25) is 0 Å². The smallest absolute Gasteiger partial charge is 0.410 e. The zero-order valence-electron chi connectivity index (χ0n) is 12.5. The molecule has 2 saturated heterocycles. The highest BCUT2D eigenvalue weighted by molar-refractivity contribution is 5.68. The van der Waals surface area contributed by atoms with Crippen LogP contribution in [0.4, 0.5) is 4.79 Å². The number of likely N-dealkylation sites (tertiary alicyclic amines) is 1. The summed E-state index contributed by atoms with van der Waals surface area (Å²) in [6, 6.07) is 0. The number of nitrogens with zero attached hydrogens (tertiary/aromatic N) is 1. The van der Waals surface area contributed by atoms with Gasteiger partial charge in [-0.15, -0.1) is 0 Å². The maximum absolute atomic E-state index is 12.0. The first kappa shape index (κ1) is 14.6. The van der Waals surface area contributed by atoms with Crippen molar-refractivity contribution in [2.45, 2.75) is 45.3 Å². The van der Waals surface area contributed by atoms with Gasteiger partial charge in [0.2, 0.25) is 0 Å². The number of hydrogen-bond acceptors (Lipinski definition) is 4. The molecule has 1 atom stereocenters. The van der Waals surface area contributed by atoms with Crippen LogP contribution in [0.5, 0.6) is 0 Å². The van der Waals surface area contributed by atoms with Crippen LogP contribution in [0.25, 0.3) is 0 Å². The molecular formula is C14H26N2O3. The molecule has 0 radical (unpaired) electrons. The lowest BCUT2D eigenvalue weighted by Gasteiger charge is -2.42. The predicted molar refractivity (Wildman–Crippen MR) is 73.1 cm³/mol. The van der Waals surface area contributed by atoms with Gasteiger partial charge >= 0.3 is 6.09 Å². The van der Waals surface area contributed by atoms with Gasteiger partial charge in [-0.05, 0) is 33.6 Å². The molecule has 0 aromatic carbocycles. The lowest BCUT2D eigenvalue weighted by molar-refractivity contribution is -0.0259. The number of carbonyl (C=O) groups is 1. The first-order valence-corrected chi connectivity index (χ1v) is 7.08. The van der Waals surface area contributed by atoms with Gasteiger partial charge in [-0.25, -0.2) is 4.79 Å². The summed E-state index contributed by atoms with van der Waals surface area (Å²) in [6.07, 6.45) is 2.05. The Balaban J connectivity index is 1.90. The van der Waals surface area contributed by atoms with E-state index in [2.05, 4.69) is 5.32 Å². The molecule has 0 aromatic heterocycles.